The fourth-order valence-electron chi connectivity index (χ4n) is 2.79. The average Bonchev–Trinajstić information content (AvgIpc) is 2.17. The van der Waals surface area contributed by atoms with Gasteiger partial charge in [0.1, 0.15) is 0 Å². The maximum absolute atomic E-state index is 11.6. The van der Waals surface area contributed by atoms with Crippen LogP contribution in [0.25, 0.3) is 0 Å². The Morgan fingerprint density at radius 3 is 2.80 bits per heavy atom. The molecule has 0 heterocycles. The molecule has 0 aliphatic heterocycles. The zero-order valence-corrected chi connectivity index (χ0v) is 9.95. The van der Waals surface area contributed by atoms with E-state index in [1.165, 1.54) is 7.11 Å². The molecule has 1 aliphatic carbocycles. The summed E-state index contributed by atoms with van der Waals surface area (Å²) in [7, 11) is 1.39. The van der Waals surface area contributed by atoms with Gasteiger partial charge >= 0.3 is 5.97 Å². The maximum atomic E-state index is 11.6. The minimum absolute atomic E-state index is 0.269. The highest BCUT2D eigenvalue weighted by Crippen LogP contribution is 2.39. The van der Waals surface area contributed by atoms with E-state index in [-0.39, 0.29) is 11.9 Å². The lowest BCUT2D eigenvalue weighted by Gasteiger charge is -2.39. The molecule has 0 radical (unpaired) electrons. The number of esters is 1. The van der Waals surface area contributed by atoms with Crippen molar-refractivity contribution in [1.29, 1.82) is 0 Å². The first-order valence-corrected chi connectivity index (χ1v) is 5.83. The maximum Gasteiger partial charge on any atom is 0.311 e. The second-order valence-electron chi connectivity index (χ2n) is 4.79. The van der Waals surface area contributed by atoms with Gasteiger partial charge in [0.15, 0.2) is 0 Å². The van der Waals surface area contributed by atoms with Crippen molar-refractivity contribution in [2.24, 2.45) is 11.8 Å². The molecule has 0 saturated heterocycles. The molecule has 3 atom stereocenters. The van der Waals surface area contributed by atoms with Gasteiger partial charge in [-0.1, -0.05) is 26.7 Å². The monoisotopic (exact) mass is 214 g/mol. The number of ether oxygens (including phenoxy) is 1. The van der Waals surface area contributed by atoms with E-state index in [0.717, 1.165) is 25.7 Å². The first-order valence-electron chi connectivity index (χ1n) is 5.83. The Hall–Kier alpha value is -0.570. The van der Waals surface area contributed by atoms with Gasteiger partial charge in [0.25, 0.3) is 0 Å². The van der Waals surface area contributed by atoms with Gasteiger partial charge in [-0.25, -0.2) is 0 Å². The van der Waals surface area contributed by atoms with Crippen LogP contribution in [0, 0.1) is 11.8 Å². The topological polar surface area (TPSA) is 46.5 Å². The minimum atomic E-state index is -0.834. The number of carbonyl (C=O) groups excluding carboxylic acids is 1. The summed E-state index contributed by atoms with van der Waals surface area (Å²) < 4.78 is 4.76. The quantitative estimate of drug-likeness (QED) is 0.732. The van der Waals surface area contributed by atoms with Crippen LogP contribution in [0.2, 0.25) is 0 Å². The third-order valence-electron chi connectivity index (χ3n) is 3.55. The Morgan fingerprint density at radius 1 is 1.67 bits per heavy atom. The van der Waals surface area contributed by atoms with Crippen LogP contribution in [0.4, 0.5) is 0 Å². The van der Waals surface area contributed by atoms with Gasteiger partial charge in [0.2, 0.25) is 0 Å². The third-order valence-corrected chi connectivity index (χ3v) is 3.55. The van der Waals surface area contributed by atoms with Gasteiger partial charge < -0.3 is 9.84 Å². The number of carbonyl (C=O) groups is 1. The molecule has 1 fully saturated rings. The smallest absolute Gasteiger partial charge is 0.311 e. The van der Waals surface area contributed by atoms with E-state index in [4.69, 9.17) is 4.74 Å². The fourth-order valence-corrected chi connectivity index (χ4v) is 2.79. The summed E-state index contributed by atoms with van der Waals surface area (Å²) in [6, 6.07) is 0. The van der Waals surface area contributed by atoms with Crippen molar-refractivity contribution in [3.63, 3.8) is 0 Å². The van der Waals surface area contributed by atoms with E-state index in [2.05, 4.69) is 6.92 Å². The lowest BCUT2D eigenvalue weighted by molar-refractivity contribution is -0.160. The molecule has 3 nitrogen and oxygen atoms in total. The highest BCUT2D eigenvalue weighted by atomic mass is 16.5. The van der Waals surface area contributed by atoms with Crippen LogP contribution in [0.15, 0.2) is 0 Å². The molecule has 15 heavy (non-hydrogen) atoms. The molecular formula is C12H22O3. The zero-order valence-electron chi connectivity index (χ0n) is 9.95. The van der Waals surface area contributed by atoms with Crippen molar-refractivity contribution < 1.29 is 14.6 Å². The van der Waals surface area contributed by atoms with E-state index >= 15 is 0 Å². The molecule has 0 aromatic carbocycles. The van der Waals surface area contributed by atoms with E-state index in [1.54, 1.807) is 0 Å². The lowest BCUT2D eigenvalue weighted by Crippen LogP contribution is -2.45. The fraction of sp³-hybridized carbons (Fsp3) is 0.917. The molecule has 1 N–H and O–H groups in total. The Bertz CT molecular complexity index is 227. The van der Waals surface area contributed by atoms with Crippen molar-refractivity contribution in [3.05, 3.63) is 0 Å². The predicted molar refractivity (Wildman–Crippen MR) is 58.4 cm³/mol. The first-order chi connectivity index (χ1) is 7.03. The number of hydrogen-bond donors (Lipinski definition) is 1. The molecule has 1 aliphatic rings. The summed E-state index contributed by atoms with van der Waals surface area (Å²) in [6.45, 7) is 4.06. The number of hydrogen-bond acceptors (Lipinski definition) is 3. The molecule has 1 saturated carbocycles. The van der Waals surface area contributed by atoms with Crippen molar-refractivity contribution in [2.45, 2.75) is 51.6 Å². The van der Waals surface area contributed by atoms with Crippen LogP contribution in [0.1, 0.15) is 46.0 Å². The summed E-state index contributed by atoms with van der Waals surface area (Å²) >= 11 is 0. The molecular weight excluding hydrogens is 192 g/mol. The molecule has 0 spiro atoms. The number of methoxy groups -OCH3 is 1. The summed E-state index contributed by atoms with van der Waals surface area (Å²) in [6.07, 6.45) is 4.26. The van der Waals surface area contributed by atoms with Crippen LogP contribution in [-0.2, 0) is 9.53 Å². The summed E-state index contributed by atoms with van der Waals surface area (Å²) in [5.41, 5.74) is -0.834. The Balaban J connectivity index is 2.76. The lowest BCUT2D eigenvalue weighted by atomic mass is 9.71. The Morgan fingerprint density at radius 2 is 2.33 bits per heavy atom. The van der Waals surface area contributed by atoms with Crippen molar-refractivity contribution in [2.75, 3.05) is 7.11 Å². The third kappa shape index (κ3) is 2.71. The largest absolute Gasteiger partial charge is 0.469 e. The minimum Gasteiger partial charge on any atom is -0.469 e. The number of rotatable bonds is 3. The molecule has 1 rings (SSSR count). The SMILES string of the molecule is CCC(C(=O)OC)C1(O)CCCC(C)C1. The molecule has 0 amide bonds. The first kappa shape index (κ1) is 12.5. The normalized spacial score (nSPS) is 33.5. The number of aliphatic hydroxyl groups is 1. The van der Waals surface area contributed by atoms with Gasteiger partial charge in [0.05, 0.1) is 18.6 Å². The second kappa shape index (κ2) is 4.97. The molecule has 3 heteroatoms. The van der Waals surface area contributed by atoms with Crippen LogP contribution in [-0.4, -0.2) is 23.8 Å². The van der Waals surface area contributed by atoms with E-state index in [1.807, 2.05) is 6.92 Å². The van der Waals surface area contributed by atoms with E-state index < -0.39 is 5.60 Å². The second-order valence-corrected chi connectivity index (χ2v) is 4.79. The van der Waals surface area contributed by atoms with Gasteiger partial charge in [-0.3, -0.25) is 4.79 Å². The zero-order chi connectivity index (χ0) is 11.5. The van der Waals surface area contributed by atoms with Gasteiger partial charge in [-0.05, 0) is 25.2 Å². The molecule has 88 valence electrons. The van der Waals surface area contributed by atoms with E-state index in [9.17, 15) is 9.90 Å². The van der Waals surface area contributed by atoms with E-state index in [0.29, 0.717) is 12.3 Å². The van der Waals surface area contributed by atoms with Crippen molar-refractivity contribution in [3.8, 4) is 0 Å². The molecule has 0 aromatic heterocycles. The van der Waals surface area contributed by atoms with Crippen LogP contribution >= 0.6 is 0 Å². The van der Waals surface area contributed by atoms with Crippen molar-refractivity contribution in [1.82, 2.24) is 0 Å². The van der Waals surface area contributed by atoms with Crippen molar-refractivity contribution >= 4 is 5.97 Å². The standard InChI is InChI=1S/C12H22O3/c1-4-10(11(13)15-3)12(14)7-5-6-9(2)8-12/h9-10,14H,4-8H2,1-3H3. The summed E-state index contributed by atoms with van der Waals surface area (Å²) in [5, 5.41) is 10.5. The highest BCUT2D eigenvalue weighted by molar-refractivity contribution is 5.73. The summed E-state index contributed by atoms with van der Waals surface area (Å²) in [5.74, 6) is -0.123. The Kier molecular flexibility index (Phi) is 4.14. The van der Waals surface area contributed by atoms with Gasteiger partial charge in [0, 0.05) is 0 Å². The van der Waals surface area contributed by atoms with Gasteiger partial charge in [-0.2, -0.15) is 0 Å². The van der Waals surface area contributed by atoms with Crippen LogP contribution < -0.4 is 0 Å². The summed E-state index contributed by atoms with van der Waals surface area (Å²) in [4.78, 5) is 11.6. The Labute approximate surface area is 91.8 Å². The highest BCUT2D eigenvalue weighted by Gasteiger charge is 2.43. The van der Waals surface area contributed by atoms with Crippen LogP contribution in [0.3, 0.4) is 0 Å². The predicted octanol–water partition coefficient (Wildman–Crippen LogP) is 2.13. The molecule has 3 unspecified atom stereocenters. The average molecular weight is 214 g/mol. The van der Waals surface area contributed by atoms with Gasteiger partial charge in [-0.15, -0.1) is 0 Å². The molecule has 0 bridgehead atoms. The molecule has 0 aromatic rings. The van der Waals surface area contributed by atoms with Crippen LogP contribution in [0.5, 0.6) is 0 Å².